The van der Waals surface area contributed by atoms with E-state index in [1.807, 2.05) is 30.3 Å². The molecule has 2 atom stereocenters. The first-order chi connectivity index (χ1) is 11.1. The highest BCUT2D eigenvalue weighted by molar-refractivity contribution is 5.95. The van der Waals surface area contributed by atoms with Gasteiger partial charge in [0.15, 0.2) is 11.9 Å². The van der Waals surface area contributed by atoms with Gasteiger partial charge >= 0.3 is 0 Å². The molecule has 2 aromatic rings. The van der Waals surface area contributed by atoms with Crippen LogP contribution in [0.4, 0.5) is 5.82 Å². The van der Waals surface area contributed by atoms with Crippen molar-refractivity contribution in [3.63, 3.8) is 0 Å². The van der Waals surface area contributed by atoms with Crippen LogP contribution in [0.1, 0.15) is 17.4 Å². The molecule has 0 unspecified atom stereocenters. The summed E-state index contributed by atoms with van der Waals surface area (Å²) in [5, 5.41) is 6.40. The average Bonchev–Trinajstić information content (AvgIpc) is 2.95. The number of hydrogen-bond acceptors (Lipinski definition) is 5. The van der Waals surface area contributed by atoms with Gasteiger partial charge in [-0.3, -0.25) is 9.59 Å². The number of nitrogens with zero attached hydrogens (tertiary/aromatic N) is 2. The van der Waals surface area contributed by atoms with Crippen molar-refractivity contribution in [1.82, 2.24) is 10.1 Å². The Labute approximate surface area is 133 Å². The summed E-state index contributed by atoms with van der Waals surface area (Å²) in [6.45, 7) is 1.61. The molecule has 0 spiro atoms. The minimum atomic E-state index is -0.822. The van der Waals surface area contributed by atoms with E-state index >= 15 is 0 Å². The zero-order valence-corrected chi connectivity index (χ0v) is 12.9. The number of hydrogen-bond donors (Lipinski definition) is 1. The highest BCUT2D eigenvalue weighted by Gasteiger charge is 2.40. The van der Waals surface area contributed by atoms with Crippen LogP contribution in [-0.2, 0) is 14.3 Å². The third-order valence-corrected chi connectivity index (χ3v) is 3.76. The lowest BCUT2D eigenvalue weighted by Crippen LogP contribution is -2.51. The van der Waals surface area contributed by atoms with Crippen molar-refractivity contribution in [1.29, 1.82) is 0 Å². The number of morpholine rings is 1. The summed E-state index contributed by atoms with van der Waals surface area (Å²) < 4.78 is 10.4. The second kappa shape index (κ2) is 6.21. The summed E-state index contributed by atoms with van der Waals surface area (Å²) in [4.78, 5) is 26.0. The van der Waals surface area contributed by atoms with Crippen LogP contribution in [0.15, 0.2) is 40.9 Å². The quantitative estimate of drug-likeness (QED) is 0.928. The SMILES string of the molecule is Cc1cc(NC(=O)[C@@H]2OCC(=O)N(C)[C@@H]2c2ccccc2)no1. The molecule has 0 saturated carbocycles. The maximum atomic E-state index is 12.6. The molecule has 0 radical (unpaired) electrons. The van der Waals surface area contributed by atoms with Crippen LogP contribution in [0.5, 0.6) is 0 Å². The highest BCUT2D eigenvalue weighted by Crippen LogP contribution is 2.29. The van der Waals surface area contributed by atoms with E-state index < -0.39 is 12.1 Å². The Hall–Kier alpha value is -2.67. The summed E-state index contributed by atoms with van der Waals surface area (Å²) in [6.07, 6.45) is -0.822. The fraction of sp³-hybridized carbons (Fsp3) is 0.312. The van der Waals surface area contributed by atoms with E-state index in [-0.39, 0.29) is 18.4 Å². The molecule has 0 aliphatic carbocycles. The second-order valence-corrected chi connectivity index (χ2v) is 5.40. The first-order valence-electron chi connectivity index (χ1n) is 7.22. The summed E-state index contributed by atoms with van der Waals surface area (Å²) >= 11 is 0. The molecule has 2 amide bonds. The molecular formula is C16H17N3O4. The molecule has 23 heavy (non-hydrogen) atoms. The summed E-state index contributed by atoms with van der Waals surface area (Å²) in [5.41, 5.74) is 0.833. The fourth-order valence-electron chi connectivity index (χ4n) is 2.60. The smallest absolute Gasteiger partial charge is 0.257 e. The first-order valence-corrected chi connectivity index (χ1v) is 7.22. The van der Waals surface area contributed by atoms with Gasteiger partial charge < -0.3 is 19.5 Å². The monoisotopic (exact) mass is 315 g/mol. The number of benzene rings is 1. The molecular weight excluding hydrogens is 298 g/mol. The Kier molecular flexibility index (Phi) is 4.12. The van der Waals surface area contributed by atoms with Gasteiger partial charge in [0.2, 0.25) is 5.91 Å². The number of likely N-dealkylation sites (N-methyl/N-ethyl adjacent to an activating group) is 1. The predicted octanol–water partition coefficient (Wildman–Crippen LogP) is 1.52. The Bertz CT molecular complexity index is 713. The molecule has 1 aromatic carbocycles. The van der Waals surface area contributed by atoms with E-state index in [4.69, 9.17) is 9.26 Å². The van der Waals surface area contributed by atoms with Crippen molar-refractivity contribution in [3.05, 3.63) is 47.7 Å². The van der Waals surface area contributed by atoms with Crippen LogP contribution in [-0.4, -0.2) is 41.6 Å². The van der Waals surface area contributed by atoms with Crippen molar-refractivity contribution in [2.24, 2.45) is 0 Å². The molecule has 7 nitrogen and oxygen atoms in total. The molecule has 2 heterocycles. The van der Waals surface area contributed by atoms with Crippen LogP contribution in [0.25, 0.3) is 0 Å². The Balaban J connectivity index is 1.85. The van der Waals surface area contributed by atoms with Crippen LogP contribution < -0.4 is 5.32 Å². The molecule has 0 bridgehead atoms. The van der Waals surface area contributed by atoms with Gasteiger partial charge in [-0.2, -0.15) is 0 Å². The zero-order chi connectivity index (χ0) is 16.4. The van der Waals surface area contributed by atoms with Crippen molar-refractivity contribution < 1.29 is 18.8 Å². The topological polar surface area (TPSA) is 84.7 Å². The van der Waals surface area contributed by atoms with Gasteiger partial charge in [-0.15, -0.1) is 0 Å². The number of aromatic nitrogens is 1. The van der Waals surface area contributed by atoms with Gasteiger partial charge in [-0.25, -0.2) is 0 Å². The van der Waals surface area contributed by atoms with Crippen LogP contribution in [0.3, 0.4) is 0 Å². The van der Waals surface area contributed by atoms with E-state index in [1.165, 1.54) is 4.90 Å². The van der Waals surface area contributed by atoms with Gasteiger partial charge in [-0.1, -0.05) is 35.5 Å². The first kappa shape index (κ1) is 15.2. The van der Waals surface area contributed by atoms with Gasteiger partial charge in [-0.05, 0) is 12.5 Å². The number of nitrogens with one attached hydrogen (secondary N) is 1. The number of rotatable bonds is 3. The lowest BCUT2D eigenvalue weighted by Gasteiger charge is -2.38. The standard InChI is InChI=1S/C16H17N3O4/c1-10-8-12(18-23-10)17-16(21)15-14(11-6-4-3-5-7-11)19(2)13(20)9-22-15/h3-8,14-15H,9H2,1-2H3,(H,17,18,21)/t14-,15-/m1/s1. The second-order valence-electron chi connectivity index (χ2n) is 5.40. The molecule has 1 N–H and O–H groups in total. The third-order valence-electron chi connectivity index (χ3n) is 3.76. The number of aryl methyl sites for hydroxylation is 1. The zero-order valence-electron chi connectivity index (χ0n) is 12.9. The molecule has 120 valence electrons. The fourth-order valence-corrected chi connectivity index (χ4v) is 2.60. The van der Waals surface area contributed by atoms with Gasteiger partial charge in [0.05, 0.1) is 6.04 Å². The van der Waals surface area contributed by atoms with Crippen molar-refractivity contribution in [2.75, 3.05) is 19.0 Å². The highest BCUT2D eigenvalue weighted by atomic mass is 16.5. The van der Waals surface area contributed by atoms with Crippen LogP contribution in [0.2, 0.25) is 0 Å². The Morgan fingerprint density at radius 1 is 1.35 bits per heavy atom. The van der Waals surface area contributed by atoms with Crippen LogP contribution >= 0.6 is 0 Å². The van der Waals surface area contributed by atoms with E-state index in [0.29, 0.717) is 11.6 Å². The van der Waals surface area contributed by atoms with Crippen LogP contribution in [0, 0.1) is 6.92 Å². The molecule has 1 fully saturated rings. The summed E-state index contributed by atoms with van der Waals surface area (Å²) in [6, 6.07) is 10.4. The normalized spacial score (nSPS) is 21.3. The molecule has 1 aromatic heterocycles. The van der Waals surface area contributed by atoms with Crippen molar-refractivity contribution in [3.8, 4) is 0 Å². The Morgan fingerprint density at radius 3 is 2.74 bits per heavy atom. The molecule has 7 heteroatoms. The molecule has 1 aliphatic rings. The lowest BCUT2D eigenvalue weighted by molar-refractivity contribution is -0.160. The average molecular weight is 315 g/mol. The van der Waals surface area contributed by atoms with Crippen molar-refractivity contribution in [2.45, 2.75) is 19.1 Å². The number of ether oxygens (including phenoxy) is 1. The third kappa shape index (κ3) is 3.09. The minimum absolute atomic E-state index is 0.129. The van der Waals surface area contributed by atoms with E-state index in [1.54, 1.807) is 20.0 Å². The molecule has 1 aliphatic heterocycles. The number of anilines is 1. The van der Waals surface area contributed by atoms with Gasteiger partial charge in [0, 0.05) is 13.1 Å². The largest absolute Gasteiger partial charge is 0.360 e. The maximum absolute atomic E-state index is 12.6. The molecule has 1 saturated heterocycles. The predicted molar refractivity (Wildman–Crippen MR) is 81.6 cm³/mol. The van der Waals surface area contributed by atoms with Crippen molar-refractivity contribution >= 4 is 17.6 Å². The number of carbonyl (C=O) groups excluding carboxylic acids is 2. The number of amides is 2. The van der Waals surface area contributed by atoms with Gasteiger partial charge in [0.25, 0.3) is 5.91 Å². The van der Waals surface area contributed by atoms with Gasteiger partial charge in [0.1, 0.15) is 12.4 Å². The summed E-state index contributed by atoms with van der Waals surface area (Å²) in [5.74, 6) is 0.380. The minimum Gasteiger partial charge on any atom is -0.360 e. The van der Waals surface area contributed by atoms with E-state index in [2.05, 4.69) is 10.5 Å². The van der Waals surface area contributed by atoms with E-state index in [0.717, 1.165) is 5.56 Å². The number of carbonyl (C=O) groups is 2. The Morgan fingerprint density at radius 2 is 2.09 bits per heavy atom. The lowest BCUT2D eigenvalue weighted by atomic mass is 9.97. The van der Waals surface area contributed by atoms with E-state index in [9.17, 15) is 9.59 Å². The maximum Gasteiger partial charge on any atom is 0.257 e. The summed E-state index contributed by atoms with van der Waals surface area (Å²) in [7, 11) is 1.67. The molecule has 3 rings (SSSR count).